The van der Waals surface area contributed by atoms with Crippen LogP contribution in [0.5, 0.6) is 11.5 Å². The highest BCUT2D eigenvalue weighted by Gasteiger charge is 2.20. The Morgan fingerprint density at radius 3 is 2.60 bits per heavy atom. The topological polar surface area (TPSA) is 65.7 Å². The van der Waals surface area contributed by atoms with Gasteiger partial charge in [0, 0.05) is 6.07 Å². The predicted octanol–water partition coefficient (Wildman–Crippen LogP) is 3.14. The summed E-state index contributed by atoms with van der Waals surface area (Å²) in [5.41, 5.74) is 0.850. The van der Waals surface area contributed by atoms with Gasteiger partial charge in [-0.1, -0.05) is 6.92 Å². The van der Waals surface area contributed by atoms with Crippen LogP contribution in [0.4, 0.5) is 0 Å². The molecule has 0 bridgehead atoms. The van der Waals surface area contributed by atoms with E-state index >= 15 is 0 Å². The first-order chi connectivity index (χ1) is 9.51. The van der Waals surface area contributed by atoms with Crippen molar-refractivity contribution in [2.45, 2.75) is 25.4 Å². The van der Waals surface area contributed by atoms with Crippen LogP contribution < -0.4 is 8.92 Å². The minimum absolute atomic E-state index is 0.201. The number of rotatable bonds is 6. The van der Waals surface area contributed by atoms with E-state index in [0.717, 1.165) is 12.0 Å². The summed E-state index contributed by atoms with van der Waals surface area (Å²) in [6.45, 7) is 4.40. The largest absolute Gasteiger partial charge is 0.493 e. The molecular formula is C14H16O5S. The lowest BCUT2D eigenvalue weighted by Gasteiger charge is -2.09. The Balaban J connectivity index is 2.23. The fourth-order valence-corrected chi connectivity index (χ4v) is 2.49. The molecular weight excluding hydrogens is 280 g/mol. The summed E-state index contributed by atoms with van der Waals surface area (Å²) in [6.07, 6.45) is 2.15. The Bertz CT molecular complexity index is 659. The van der Waals surface area contributed by atoms with Crippen molar-refractivity contribution in [3.05, 3.63) is 42.2 Å². The number of aryl methyl sites for hydroxylation is 1. The third kappa shape index (κ3) is 3.54. The summed E-state index contributed by atoms with van der Waals surface area (Å²) in [4.78, 5) is 0. The molecule has 20 heavy (non-hydrogen) atoms. The van der Waals surface area contributed by atoms with E-state index in [9.17, 15) is 8.42 Å². The lowest BCUT2D eigenvalue weighted by atomic mass is 10.2. The summed E-state index contributed by atoms with van der Waals surface area (Å²) in [6, 6.07) is 7.81. The van der Waals surface area contributed by atoms with E-state index in [0.29, 0.717) is 12.4 Å². The summed E-state index contributed by atoms with van der Waals surface area (Å²) in [5, 5.41) is -0.227. The normalized spacial score (nSPS) is 11.3. The molecule has 0 aliphatic heterocycles. The van der Waals surface area contributed by atoms with Crippen LogP contribution in [0.15, 0.2) is 46.1 Å². The van der Waals surface area contributed by atoms with Gasteiger partial charge in [-0.15, -0.1) is 0 Å². The van der Waals surface area contributed by atoms with Crippen LogP contribution in [-0.2, 0) is 10.1 Å². The quantitative estimate of drug-likeness (QED) is 0.766. The molecule has 0 radical (unpaired) electrons. The SMILES string of the molecule is CCCOc1cc(C)cc(OS(=O)(=O)c2ccco2)c1. The number of hydrogen-bond donors (Lipinski definition) is 0. The van der Waals surface area contributed by atoms with Crippen LogP contribution in [0.2, 0.25) is 0 Å². The molecule has 0 unspecified atom stereocenters. The highest BCUT2D eigenvalue weighted by molar-refractivity contribution is 7.87. The Morgan fingerprint density at radius 2 is 1.95 bits per heavy atom. The van der Waals surface area contributed by atoms with Crippen LogP contribution >= 0.6 is 0 Å². The molecule has 108 valence electrons. The number of ether oxygens (including phenoxy) is 1. The standard InChI is InChI=1S/C14H16O5S/c1-3-6-17-12-8-11(2)9-13(10-12)19-20(15,16)14-5-4-7-18-14/h4-5,7-10H,3,6H2,1-2H3. The molecule has 1 aromatic carbocycles. The first-order valence-corrected chi connectivity index (χ1v) is 7.64. The smallest absolute Gasteiger partial charge is 0.373 e. The van der Waals surface area contributed by atoms with Crippen molar-refractivity contribution in [2.75, 3.05) is 6.61 Å². The predicted molar refractivity (Wildman–Crippen MR) is 73.5 cm³/mol. The van der Waals surface area contributed by atoms with Gasteiger partial charge in [-0.05, 0) is 43.2 Å². The molecule has 0 spiro atoms. The Hall–Kier alpha value is -1.95. The summed E-state index contributed by atoms with van der Waals surface area (Å²) in [5.74, 6) is 0.781. The summed E-state index contributed by atoms with van der Waals surface area (Å²) in [7, 11) is -3.95. The minimum Gasteiger partial charge on any atom is -0.493 e. The maximum absolute atomic E-state index is 11.9. The van der Waals surface area contributed by atoms with Crippen LogP contribution in [0.1, 0.15) is 18.9 Å². The molecule has 0 N–H and O–H groups in total. The van der Waals surface area contributed by atoms with Crippen molar-refractivity contribution in [3.8, 4) is 11.5 Å². The van der Waals surface area contributed by atoms with Crippen LogP contribution in [0, 0.1) is 6.92 Å². The zero-order valence-corrected chi connectivity index (χ0v) is 12.1. The molecule has 0 atom stereocenters. The van der Waals surface area contributed by atoms with Crippen LogP contribution in [0.3, 0.4) is 0 Å². The number of hydrogen-bond acceptors (Lipinski definition) is 5. The van der Waals surface area contributed by atoms with E-state index in [4.69, 9.17) is 13.3 Å². The van der Waals surface area contributed by atoms with Gasteiger partial charge in [0.2, 0.25) is 0 Å². The van der Waals surface area contributed by atoms with Gasteiger partial charge in [0.1, 0.15) is 11.5 Å². The zero-order chi connectivity index (χ0) is 14.6. The highest BCUT2D eigenvalue weighted by atomic mass is 32.2. The molecule has 0 amide bonds. The van der Waals surface area contributed by atoms with E-state index in [1.165, 1.54) is 18.4 Å². The third-order valence-electron chi connectivity index (χ3n) is 2.44. The summed E-state index contributed by atoms with van der Waals surface area (Å²) >= 11 is 0. The van der Waals surface area contributed by atoms with Crippen LogP contribution in [-0.4, -0.2) is 15.0 Å². The Labute approximate surface area is 118 Å². The minimum atomic E-state index is -3.95. The van der Waals surface area contributed by atoms with Gasteiger partial charge in [0.15, 0.2) is 0 Å². The van der Waals surface area contributed by atoms with Crippen molar-refractivity contribution in [3.63, 3.8) is 0 Å². The average Bonchev–Trinajstić information content (AvgIpc) is 2.89. The lowest BCUT2D eigenvalue weighted by Crippen LogP contribution is -2.09. The van der Waals surface area contributed by atoms with Crippen molar-refractivity contribution in [1.82, 2.24) is 0 Å². The molecule has 6 heteroatoms. The second-order valence-corrected chi connectivity index (χ2v) is 5.78. The van der Waals surface area contributed by atoms with Gasteiger partial charge < -0.3 is 13.3 Å². The van der Waals surface area contributed by atoms with Gasteiger partial charge in [0.05, 0.1) is 12.9 Å². The molecule has 1 aromatic heterocycles. The van der Waals surface area contributed by atoms with Crippen molar-refractivity contribution in [2.24, 2.45) is 0 Å². The maximum atomic E-state index is 11.9. The van der Waals surface area contributed by atoms with Crippen molar-refractivity contribution >= 4 is 10.1 Å². The van der Waals surface area contributed by atoms with Gasteiger partial charge in [0.25, 0.3) is 5.09 Å². The molecule has 0 saturated carbocycles. The third-order valence-corrected chi connectivity index (χ3v) is 3.58. The first-order valence-electron chi connectivity index (χ1n) is 6.24. The van der Waals surface area contributed by atoms with Gasteiger partial charge >= 0.3 is 10.1 Å². The van der Waals surface area contributed by atoms with E-state index < -0.39 is 10.1 Å². The van der Waals surface area contributed by atoms with E-state index in [1.54, 1.807) is 12.1 Å². The molecule has 2 aromatic rings. The second kappa shape index (κ2) is 6.00. The monoisotopic (exact) mass is 296 g/mol. The zero-order valence-electron chi connectivity index (χ0n) is 11.3. The highest BCUT2D eigenvalue weighted by Crippen LogP contribution is 2.25. The number of benzene rings is 1. The Morgan fingerprint density at radius 1 is 1.20 bits per heavy atom. The molecule has 0 fully saturated rings. The maximum Gasteiger partial charge on any atom is 0.373 e. The molecule has 0 saturated heterocycles. The molecule has 2 rings (SSSR count). The lowest BCUT2D eigenvalue weighted by molar-refractivity contribution is 0.316. The number of furan rings is 1. The van der Waals surface area contributed by atoms with Gasteiger partial charge in [-0.2, -0.15) is 8.42 Å². The fourth-order valence-electron chi connectivity index (χ4n) is 1.64. The first kappa shape index (κ1) is 14.5. The van der Waals surface area contributed by atoms with Gasteiger partial charge in [-0.3, -0.25) is 0 Å². The molecule has 5 nitrogen and oxygen atoms in total. The molecule has 0 aliphatic rings. The van der Waals surface area contributed by atoms with Crippen molar-refractivity contribution in [1.29, 1.82) is 0 Å². The van der Waals surface area contributed by atoms with E-state index in [2.05, 4.69) is 0 Å². The fraction of sp³-hybridized carbons (Fsp3) is 0.286. The van der Waals surface area contributed by atoms with E-state index in [-0.39, 0.29) is 10.8 Å². The van der Waals surface area contributed by atoms with E-state index in [1.807, 2.05) is 19.9 Å². The van der Waals surface area contributed by atoms with Crippen molar-refractivity contribution < 1.29 is 21.8 Å². The summed E-state index contributed by atoms with van der Waals surface area (Å²) < 4.78 is 39.3. The molecule has 0 aliphatic carbocycles. The Kier molecular flexibility index (Phi) is 4.34. The average molecular weight is 296 g/mol. The van der Waals surface area contributed by atoms with Gasteiger partial charge in [-0.25, -0.2) is 0 Å². The van der Waals surface area contributed by atoms with Crippen LogP contribution in [0.25, 0.3) is 0 Å². The second-order valence-electron chi connectivity index (χ2n) is 4.30. The molecule has 1 heterocycles.